The van der Waals surface area contributed by atoms with Crippen molar-refractivity contribution in [2.24, 2.45) is 5.73 Å². The first-order valence-electron chi connectivity index (χ1n) is 6.47. The minimum Gasteiger partial charge on any atom is -0.401 e. The van der Waals surface area contributed by atoms with E-state index in [-0.39, 0.29) is 5.02 Å². The Morgan fingerprint density at radius 2 is 1.65 bits per heavy atom. The molecule has 0 aliphatic carbocycles. The van der Waals surface area contributed by atoms with Gasteiger partial charge in [-0.3, -0.25) is 4.79 Å². The van der Waals surface area contributed by atoms with E-state index in [9.17, 15) is 31.1 Å². The maximum atomic E-state index is 13.5. The van der Waals surface area contributed by atoms with E-state index in [4.69, 9.17) is 34.2 Å². The number of amides is 1. The molecule has 0 aromatic heterocycles. The van der Waals surface area contributed by atoms with Crippen LogP contribution in [0.25, 0.3) is 0 Å². The monoisotopic (exact) mass is 419 g/mol. The highest BCUT2D eigenvalue weighted by molar-refractivity contribution is 6.36. The number of allylic oxidation sites excluding steroid dienone is 1. The lowest BCUT2D eigenvalue weighted by molar-refractivity contribution is -0.289. The molecular weight excluding hydrogens is 411 g/mol. The number of halogens is 8. The SMILES string of the molecule is CC(N)=C(C#N)C(NC(=O)c1ccc(Cl)cc1Cl)(C(F)(F)F)C(F)(F)F. The highest BCUT2D eigenvalue weighted by atomic mass is 35.5. The minimum atomic E-state index is -6.13. The minimum absolute atomic E-state index is 0.000122. The molecule has 3 N–H and O–H groups in total. The van der Waals surface area contributed by atoms with Gasteiger partial charge in [-0.25, -0.2) is 0 Å². The van der Waals surface area contributed by atoms with E-state index in [1.807, 2.05) is 0 Å². The molecule has 0 atom stereocenters. The summed E-state index contributed by atoms with van der Waals surface area (Å²) in [5.41, 5.74) is -3.65. The Bertz CT molecular complexity index is 777. The fourth-order valence-electron chi connectivity index (χ4n) is 2.03. The molecule has 0 unspecified atom stereocenters. The fraction of sp³-hybridized carbons (Fsp3) is 0.286. The Morgan fingerprint density at radius 3 is 2.00 bits per heavy atom. The van der Waals surface area contributed by atoms with Crippen molar-refractivity contribution < 1.29 is 31.1 Å². The highest BCUT2D eigenvalue weighted by Crippen LogP contribution is 2.48. The molecule has 0 saturated heterocycles. The average molecular weight is 420 g/mol. The molecule has 0 heterocycles. The van der Waals surface area contributed by atoms with Gasteiger partial charge >= 0.3 is 12.4 Å². The van der Waals surface area contributed by atoms with Crippen LogP contribution in [0.1, 0.15) is 17.3 Å². The number of benzene rings is 1. The van der Waals surface area contributed by atoms with E-state index in [2.05, 4.69) is 0 Å². The standard InChI is InChI=1S/C14H9Cl2F6N3O/c1-6(24)9(5-23)12(13(17,18)19,14(20,21)22)25-11(26)8-3-2-7(15)4-10(8)16/h2-4H,24H2,1H3,(H,25,26). The number of nitrogens with two attached hydrogens (primary N) is 1. The maximum absolute atomic E-state index is 13.5. The molecule has 0 bridgehead atoms. The van der Waals surface area contributed by atoms with Crippen LogP contribution in [0.15, 0.2) is 29.5 Å². The molecule has 0 aliphatic heterocycles. The van der Waals surface area contributed by atoms with Gasteiger partial charge in [0.2, 0.25) is 0 Å². The first-order valence-corrected chi connectivity index (χ1v) is 7.22. The zero-order valence-electron chi connectivity index (χ0n) is 12.7. The van der Waals surface area contributed by atoms with Crippen LogP contribution >= 0.6 is 23.2 Å². The average Bonchev–Trinajstić information content (AvgIpc) is 2.43. The molecule has 1 aromatic rings. The second kappa shape index (κ2) is 7.25. The molecule has 26 heavy (non-hydrogen) atoms. The lowest BCUT2D eigenvalue weighted by Gasteiger charge is -2.37. The highest BCUT2D eigenvalue weighted by Gasteiger charge is 2.74. The van der Waals surface area contributed by atoms with E-state index >= 15 is 0 Å². The first-order chi connectivity index (χ1) is 11.7. The summed E-state index contributed by atoms with van der Waals surface area (Å²) in [6, 6.07) is 3.61. The number of nitrogens with one attached hydrogen (secondary N) is 1. The van der Waals surface area contributed by atoms with Crippen molar-refractivity contribution >= 4 is 29.1 Å². The summed E-state index contributed by atoms with van der Waals surface area (Å²) in [5.74, 6) is -1.82. The molecule has 1 amide bonds. The van der Waals surface area contributed by atoms with Crippen molar-refractivity contribution in [3.63, 3.8) is 0 Å². The van der Waals surface area contributed by atoms with Gasteiger partial charge in [0.25, 0.3) is 11.4 Å². The van der Waals surface area contributed by atoms with Gasteiger partial charge in [-0.15, -0.1) is 0 Å². The third-order valence-electron chi connectivity index (χ3n) is 3.21. The van der Waals surface area contributed by atoms with Gasteiger partial charge in [0, 0.05) is 10.7 Å². The second-order valence-electron chi connectivity index (χ2n) is 4.99. The zero-order valence-corrected chi connectivity index (χ0v) is 14.2. The van der Waals surface area contributed by atoms with Crippen LogP contribution in [-0.2, 0) is 0 Å². The summed E-state index contributed by atoms with van der Waals surface area (Å²) in [5, 5.41) is 9.21. The Hall–Kier alpha value is -2.12. The molecule has 142 valence electrons. The number of alkyl halides is 6. The summed E-state index contributed by atoms with van der Waals surface area (Å²) >= 11 is 11.2. The van der Waals surface area contributed by atoms with Gasteiger partial charge in [-0.2, -0.15) is 31.6 Å². The van der Waals surface area contributed by atoms with Crippen molar-refractivity contribution in [3.8, 4) is 6.07 Å². The number of hydrogen-bond acceptors (Lipinski definition) is 3. The van der Waals surface area contributed by atoms with E-state index in [0.29, 0.717) is 6.92 Å². The molecule has 12 heteroatoms. The predicted molar refractivity (Wildman–Crippen MR) is 81.3 cm³/mol. The van der Waals surface area contributed by atoms with Gasteiger partial charge in [0.15, 0.2) is 0 Å². The Balaban J connectivity index is 3.69. The predicted octanol–water partition coefficient (Wildman–Crippen LogP) is 4.34. The van der Waals surface area contributed by atoms with Gasteiger partial charge in [-0.1, -0.05) is 23.2 Å². The van der Waals surface area contributed by atoms with Gasteiger partial charge < -0.3 is 11.1 Å². The van der Waals surface area contributed by atoms with Crippen molar-refractivity contribution in [2.45, 2.75) is 24.8 Å². The number of hydrogen-bond donors (Lipinski definition) is 2. The van der Waals surface area contributed by atoms with Crippen LogP contribution in [0.5, 0.6) is 0 Å². The van der Waals surface area contributed by atoms with E-state index < -0.39 is 45.7 Å². The molecule has 4 nitrogen and oxygen atoms in total. The van der Waals surface area contributed by atoms with Crippen LogP contribution in [0.2, 0.25) is 10.0 Å². The third kappa shape index (κ3) is 3.83. The Labute approximate surface area is 153 Å². The maximum Gasteiger partial charge on any atom is 0.425 e. The van der Waals surface area contributed by atoms with Crippen molar-refractivity contribution in [2.75, 3.05) is 0 Å². The summed E-state index contributed by atoms with van der Waals surface area (Å²) < 4.78 is 80.9. The molecule has 0 fully saturated rings. The van der Waals surface area contributed by atoms with Crippen molar-refractivity contribution in [3.05, 3.63) is 45.1 Å². The van der Waals surface area contributed by atoms with Crippen LogP contribution in [0.4, 0.5) is 26.3 Å². The molecule has 0 saturated carbocycles. The quantitative estimate of drug-likeness (QED) is 0.564. The van der Waals surface area contributed by atoms with Crippen molar-refractivity contribution in [1.82, 2.24) is 5.32 Å². The third-order valence-corrected chi connectivity index (χ3v) is 3.76. The number of carbonyl (C=O) groups is 1. The number of nitriles is 1. The Morgan fingerprint density at radius 1 is 1.15 bits per heavy atom. The summed E-state index contributed by atoms with van der Waals surface area (Å²) in [4.78, 5) is 12.1. The molecule has 1 rings (SSSR count). The largest absolute Gasteiger partial charge is 0.425 e. The molecular formula is C14H9Cl2F6N3O. The van der Waals surface area contributed by atoms with Crippen LogP contribution in [-0.4, -0.2) is 23.8 Å². The summed E-state index contributed by atoms with van der Waals surface area (Å²) in [6.07, 6.45) is -12.3. The summed E-state index contributed by atoms with van der Waals surface area (Å²) in [6.45, 7) is 0.673. The number of rotatable bonds is 3. The molecule has 0 radical (unpaired) electrons. The fourth-order valence-corrected chi connectivity index (χ4v) is 2.52. The summed E-state index contributed by atoms with van der Waals surface area (Å²) in [7, 11) is 0. The molecule has 1 aromatic carbocycles. The zero-order chi connectivity index (χ0) is 20.5. The molecule has 0 spiro atoms. The van der Waals surface area contributed by atoms with Gasteiger partial charge in [0.1, 0.15) is 0 Å². The lowest BCUT2D eigenvalue weighted by atomic mass is 9.86. The van der Waals surface area contributed by atoms with Crippen LogP contribution in [0.3, 0.4) is 0 Å². The Kier molecular flexibility index (Phi) is 6.11. The van der Waals surface area contributed by atoms with E-state index in [1.165, 1.54) is 0 Å². The van der Waals surface area contributed by atoms with Gasteiger partial charge in [-0.05, 0) is 25.1 Å². The smallest absolute Gasteiger partial charge is 0.401 e. The van der Waals surface area contributed by atoms with E-state index in [0.717, 1.165) is 29.6 Å². The topological polar surface area (TPSA) is 78.9 Å². The van der Waals surface area contributed by atoms with E-state index in [1.54, 1.807) is 0 Å². The number of nitrogens with zero attached hydrogens (tertiary/aromatic N) is 1. The molecule has 0 aliphatic rings. The lowest BCUT2D eigenvalue weighted by Crippen LogP contribution is -2.69. The second-order valence-corrected chi connectivity index (χ2v) is 5.84. The van der Waals surface area contributed by atoms with Gasteiger partial charge in [0.05, 0.1) is 22.2 Å². The normalized spacial score (nSPS) is 13.7. The first kappa shape index (κ1) is 21.9. The van der Waals surface area contributed by atoms with Crippen LogP contribution < -0.4 is 11.1 Å². The van der Waals surface area contributed by atoms with Crippen LogP contribution in [0, 0.1) is 11.3 Å². The van der Waals surface area contributed by atoms with Crippen molar-refractivity contribution in [1.29, 1.82) is 5.26 Å². The number of carbonyl (C=O) groups excluding carboxylic acids is 1.